The van der Waals surface area contributed by atoms with Gasteiger partial charge in [0, 0.05) is 38.9 Å². The minimum absolute atomic E-state index is 0.103. The Morgan fingerprint density at radius 1 is 1.00 bits per heavy atom. The van der Waals surface area contributed by atoms with E-state index in [0.717, 1.165) is 19.9 Å². The van der Waals surface area contributed by atoms with Gasteiger partial charge < -0.3 is 19.6 Å². The molecule has 0 atom stereocenters. The van der Waals surface area contributed by atoms with Crippen LogP contribution in [0.15, 0.2) is 24.8 Å². The van der Waals surface area contributed by atoms with Crippen molar-refractivity contribution in [3.63, 3.8) is 0 Å². The molecule has 0 bridgehead atoms. The number of hydrogen-bond acceptors (Lipinski definition) is 4. The second-order valence-electron chi connectivity index (χ2n) is 4.28. The summed E-state index contributed by atoms with van der Waals surface area (Å²) >= 11 is 5.05. The van der Waals surface area contributed by atoms with Crippen LogP contribution in [0.3, 0.4) is 0 Å². The summed E-state index contributed by atoms with van der Waals surface area (Å²) in [7, 11) is 4.20. The predicted octanol–water partition coefficient (Wildman–Crippen LogP) is 1.86. The number of halogens is 2. The van der Waals surface area contributed by atoms with E-state index >= 15 is 0 Å². The fourth-order valence-corrected chi connectivity index (χ4v) is 3.27. The smallest absolute Gasteiger partial charge is 0.162 e. The maximum absolute atomic E-state index is 2.53. The van der Waals surface area contributed by atoms with Gasteiger partial charge in [-0.25, -0.2) is 0 Å². The van der Waals surface area contributed by atoms with Crippen LogP contribution in [-0.2, 0) is 0 Å². The normalized spacial score (nSPS) is 20.5. The van der Waals surface area contributed by atoms with Crippen molar-refractivity contribution in [2.45, 2.75) is 1.55 Å². The van der Waals surface area contributed by atoms with Gasteiger partial charge in [0.1, 0.15) is 0 Å². The molecule has 0 fully saturated rings. The molecule has 0 spiro atoms. The lowest BCUT2D eigenvalue weighted by Crippen LogP contribution is -2.44. The monoisotopic (exact) mass is 446 g/mol. The van der Waals surface area contributed by atoms with E-state index in [1.54, 1.807) is 0 Å². The number of alkyl halides is 2. The number of rotatable bonds is 3. The van der Waals surface area contributed by atoms with Gasteiger partial charge >= 0.3 is 0 Å². The van der Waals surface area contributed by atoms with Gasteiger partial charge in [0.25, 0.3) is 0 Å². The molecule has 0 aromatic rings. The molecule has 0 amide bonds. The van der Waals surface area contributed by atoms with Gasteiger partial charge in [-0.2, -0.15) is 0 Å². The van der Waals surface area contributed by atoms with Crippen LogP contribution in [-0.4, -0.2) is 55.1 Å². The summed E-state index contributed by atoms with van der Waals surface area (Å²) in [6.07, 6.45) is 8.57. The Morgan fingerprint density at radius 2 is 1.62 bits per heavy atom. The van der Waals surface area contributed by atoms with Crippen molar-refractivity contribution in [1.29, 1.82) is 0 Å². The molecule has 16 heavy (non-hydrogen) atoms. The van der Waals surface area contributed by atoms with E-state index in [4.69, 9.17) is 0 Å². The molecule has 0 saturated heterocycles. The summed E-state index contributed by atoms with van der Waals surface area (Å²) in [5, 5.41) is 0. The summed E-state index contributed by atoms with van der Waals surface area (Å²) < 4.78 is 0.103. The first-order valence-corrected chi connectivity index (χ1v) is 7.29. The second kappa shape index (κ2) is 4.79. The molecular weight excluding hydrogens is 430 g/mol. The summed E-state index contributed by atoms with van der Waals surface area (Å²) in [5.41, 5.74) is 0. The average molecular weight is 446 g/mol. The van der Waals surface area contributed by atoms with Crippen molar-refractivity contribution in [3.05, 3.63) is 24.8 Å². The van der Waals surface area contributed by atoms with Gasteiger partial charge in [-0.05, 0) is 45.2 Å². The molecule has 0 radical (unpaired) electrons. The van der Waals surface area contributed by atoms with E-state index in [-0.39, 0.29) is 1.55 Å². The van der Waals surface area contributed by atoms with E-state index in [2.05, 4.69) is 104 Å². The fraction of sp³-hybridized carbons (Fsp3) is 0.600. The van der Waals surface area contributed by atoms with E-state index in [1.807, 2.05) is 0 Å². The minimum Gasteiger partial charge on any atom is -0.362 e. The third-order valence-corrected chi connectivity index (χ3v) is 4.55. The Balaban J connectivity index is 1.93. The van der Waals surface area contributed by atoms with Crippen molar-refractivity contribution in [2.75, 3.05) is 34.0 Å². The largest absolute Gasteiger partial charge is 0.362 e. The molecule has 2 aliphatic heterocycles. The Bertz CT molecular complexity index is 316. The highest BCUT2D eigenvalue weighted by Crippen LogP contribution is 2.35. The van der Waals surface area contributed by atoms with E-state index in [0.29, 0.717) is 0 Å². The van der Waals surface area contributed by atoms with Gasteiger partial charge in [-0.3, -0.25) is 0 Å². The Morgan fingerprint density at radius 3 is 2.12 bits per heavy atom. The predicted molar refractivity (Wildman–Crippen MR) is 82.9 cm³/mol. The van der Waals surface area contributed by atoms with Crippen LogP contribution in [0, 0.1) is 0 Å². The van der Waals surface area contributed by atoms with Crippen molar-refractivity contribution in [1.82, 2.24) is 19.6 Å². The number of hydrogen-bond donors (Lipinski definition) is 0. The molecular formula is C10H16I2N4. The van der Waals surface area contributed by atoms with Gasteiger partial charge in [0.2, 0.25) is 0 Å². The Kier molecular flexibility index (Phi) is 3.77. The van der Waals surface area contributed by atoms with Crippen LogP contribution in [0.25, 0.3) is 0 Å². The van der Waals surface area contributed by atoms with Crippen molar-refractivity contribution in [3.8, 4) is 0 Å². The van der Waals surface area contributed by atoms with Crippen molar-refractivity contribution >= 4 is 45.2 Å². The summed E-state index contributed by atoms with van der Waals surface area (Å²) in [6, 6.07) is 0. The van der Waals surface area contributed by atoms with Crippen molar-refractivity contribution in [2.24, 2.45) is 0 Å². The Labute approximate surface area is 124 Å². The first-order chi connectivity index (χ1) is 7.47. The molecule has 0 aromatic carbocycles. The highest BCUT2D eigenvalue weighted by atomic mass is 127. The van der Waals surface area contributed by atoms with E-state index in [1.165, 1.54) is 0 Å². The van der Waals surface area contributed by atoms with Crippen LogP contribution in [0.5, 0.6) is 0 Å². The van der Waals surface area contributed by atoms with Crippen molar-refractivity contribution < 1.29 is 0 Å². The molecule has 2 aliphatic rings. The third kappa shape index (κ3) is 2.88. The molecule has 4 nitrogen and oxygen atoms in total. The highest BCUT2D eigenvalue weighted by Gasteiger charge is 2.33. The molecule has 2 rings (SSSR count). The molecule has 0 aliphatic carbocycles. The molecule has 0 saturated carbocycles. The average Bonchev–Trinajstić information content (AvgIpc) is 2.75. The summed E-state index contributed by atoms with van der Waals surface area (Å²) in [5.74, 6) is 0. The lowest BCUT2D eigenvalue weighted by molar-refractivity contribution is 0.223. The summed E-state index contributed by atoms with van der Waals surface area (Å²) in [4.78, 5) is 9.08. The maximum atomic E-state index is 2.53. The molecule has 90 valence electrons. The lowest BCUT2D eigenvalue weighted by Gasteiger charge is -2.35. The lowest BCUT2D eigenvalue weighted by atomic mass is 10.5. The SMILES string of the molecule is CN1C=CN(CC(I)(I)N2C=CN(C)C2)C1. The maximum Gasteiger partial charge on any atom is 0.162 e. The van der Waals surface area contributed by atoms with Gasteiger partial charge in [-0.15, -0.1) is 0 Å². The zero-order chi connectivity index (χ0) is 11.8. The first kappa shape index (κ1) is 12.6. The quantitative estimate of drug-likeness (QED) is 0.373. The Hall–Kier alpha value is 0.140. The van der Waals surface area contributed by atoms with Crippen LogP contribution in [0.4, 0.5) is 0 Å². The zero-order valence-electron chi connectivity index (χ0n) is 9.48. The highest BCUT2D eigenvalue weighted by molar-refractivity contribution is 14.2. The molecule has 0 unspecified atom stereocenters. The first-order valence-electron chi connectivity index (χ1n) is 5.13. The minimum atomic E-state index is 0.103. The zero-order valence-corrected chi connectivity index (χ0v) is 13.8. The molecule has 6 heteroatoms. The van der Waals surface area contributed by atoms with Crippen LogP contribution >= 0.6 is 45.2 Å². The molecule has 0 N–H and O–H groups in total. The van der Waals surface area contributed by atoms with Crippen LogP contribution in [0.1, 0.15) is 0 Å². The number of nitrogens with zero attached hydrogens (tertiary/aromatic N) is 4. The van der Waals surface area contributed by atoms with Gasteiger partial charge in [0.15, 0.2) is 1.55 Å². The van der Waals surface area contributed by atoms with E-state index < -0.39 is 0 Å². The third-order valence-electron chi connectivity index (χ3n) is 2.63. The fourth-order valence-electron chi connectivity index (χ4n) is 1.77. The van der Waals surface area contributed by atoms with Gasteiger partial charge in [0.05, 0.1) is 19.9 Å². The summed E-state index contributed by atoms with van der Waals surface area (Å²) in [6.45, 7) is 2.98. The van der Waals surface area contributed by atoms with Gasteiger partial charge in [-0.1, -0.05) is 0 Å². The molecule has 0 aromatic heterocycles. The van der Waals surface area contributed by atoms with Crippen LogP contribution < -0.4 is 0 Å². The van der Waals surface area contributed by atoms with E-state index in [9.17, 15) is 0 Å². The second-order valence-corrected chi connectivity index (χ2v) is 9.91. The standard InChI is InChI=1S/C10H16I2N4/c1-13-3-5-15(8-13)7-10(11,12)16-6-4-14(2)9-16/h3-6H,7-9H2,1-2H3. The topological polar surface area (TPSA) is 13.0 Å². The molecule has 2 heterocycles. The van der Waals surface area contributed by atoms with Crippen LogP contribution in [0.2, 0.25) is 0 Å².